The lowest BCUT2D eigenvalue weighted by molar-refractivity contribution is -0.124. The van der Waals surface area contributed by atoms with E-state index in [0.717, 1.165) is 12.8 Å². The average Bonchev–Trinajstić information content (AvgIpc) is 2.11. The van der Waals surface area contributed by atoms with Crippen molar-refractivity contribution >= 4 is 5.78 Å². The lowest BCUT2D eigenvalue weighted by atomic mass is 9.93. The fraction of sp³-hybridized carbons (Fsp3) is 0.875. The van der Waals surface area contributed by atoms with Crippen LogP contribution in [0.4, 0.5) is 0 Å². The zero-order valence-corrected chi connectivity index (χ0v) is 6.50. The molecule has 0 heterocycles. The van der Waals surface area contributed by atoms with E-state index in [0.29, 0.717) is 5.92 Å². The second kappa shape index (κ2) is 2.70. The molecule has 0 spiro atoms. The highest BCUT2D eigenvalue weighted by Gasteiger charge is 2.34. The van der Waals surface area contributed by atoms with E-state index in [-0.39, 0.29) is 17.8 Å². The number of rotatable bonds is 1. The number of aliphatic hydroxyl groups excluding tert-OH is 1. The Kier molecular flexibility index (Phi) is 2.09. The third-order valence-corrected chi connectivity index (χ3v) is 2.41. The molecule has 0 aromatic heterocycles. The first kappa shape index (κ1) is 7.73. The Balaban J connectivity index is 2.63. The van der Waals surface area contributed by atoms with Gasteiger partial charge in [-0.1, -0.05) is 6.92 Å². The van der Waals surface area contributed by atoms with Gasteiger partial charge >= 0.3 is 0 Å². The van der Waals surface area contributed by atoms with E-state index in [1.807, 2.05) is 6.92 Å². The van der Waals surface area contributed by atoms with Crippen LogP contribution in [-0.4, -0.2) is 17.0 Å². The number of hydrogen-bond acceptors (Lipinski definition) is 2. The van der Waals surface area contributed by atoms with Crippen molar-refractivity contribution in [1.82, 2.24) is 0 Å². The van der Waals surface area contributed by atoms with Gasteiger partial charge in [0.15, 0.2) is 0 Å². The van der Waals surface area contributed by atoms with Gasteiger partial charge in [-0.3, -0.25) is 4.79 Å². The second-order valence-electron chi connectivity index (χ2n) is 3.26. The molecule has 58 valence electrons. The van der Waals surface area contributed by atoms with Crippen molar-refractivity contribution in [2.24, 2.45) is 11.8 Å². The van der Waals surface area contributed by atoms with Crippen LogP contribution < -0.4 is 0 Å². The maximum absolute atomic E-state index is 10.9. The van der Waals surface area contributed by atoms with Crippen molar-refractivity contribution < 1.29 is 9.90 Å². The molecule has 1 aliphatic carbocycles. The van der Waals surface area contributed by atoms with Crippen LogP contribution in [0.5, 0.6) is 0 Å². The standard InChI is InChI=1S/C8H14O2/c1-5-3-4-7(10)8(5)6(2)9/h5,7-8,10H,3-4H2,1-2H3. The summed E-state index contributed by atoms with van der Waals surface area (Å²) < 4.78 is 0. The molecule has 3 unspecified atom stereocenters. The summed E-state index contributed by atoms with van der Waals surface area (Å²) in [5.41, 5.74) is 0. The molecule has 0 aromatic rings. The number of Topliss-reactive ketones (excluding diaryl/α,β-unsaturated/α-hetero) is 1. The summed E-state index contributed by atoms with van der Waals surface area (Å²) in [6, 6.07) is 0. The molecule has 1 rings (SSSR count). The first-order chi connectivity index (χ1) is 4.63. The fourth-order valence-electron chi connectivity index (χ4n) is 1.84. The minimum atomic E-state index is -0.368. The van der Waals surface area contributed by atoms with Crippen LogP contribution >= 0.6 is 0 Å². The zero-order valence-electron chi connectivity index (χ0n) is 6.50. The van der Waals surface area contributed by atoms with Crippen molar-refractivity contribution in [3.8, 4) is 0 Å². The Labute approximate surface area is 61.2 Å². The van der Waals surface area contributed by atoms with Gasteiger partial charge in [0.05, 0.1) is 6.10 Å². The predicted molar refractivity (Wildman–Crippen MR) is 38.6 cm³/mol. The Morgan fingerprint density at radius 1 is 1.50 bits per heavy atom. The molecule has 0 bridgehead atoms. The summed E-state index contributed by atoms with van der Waals surface area (Å²) in [4.78, 5) is 10.9. The van der Waals surface area contributed by atoms with Crippen molar-refractivity contribution in [1.29, 1.82) is 0 Å². The summed E-state index contributed by atoms with van der Waals surface area (Å²) in [7, 11) is 0. The summed E-state index contributed by atoms with van der Waals surface area (Å²) in [5.74, 6) is 0.435. The fourth-order valence-corrected chi connectivity index (χ4v) is 1.84. The van der Waals surface area contributed by atoms with E-state index in [4.69, 9.17) is 0 Å². The molecule has 1 fully saturated rings. The SMILES string of the molecule is CC(=O)C1C(C)CCC1O. The molecule has 0 radical (unpaired) electrons. The molecule has 1 N–H and O–H groups in total. The third-order valence-electron chi connectivity index (χ3n) is 2.41. The molecule has 2 nitrogen and oxygen atoms in total. The monoisotopic (exact) mass is 142 g/mol. The first-order valence-corrected chi connectivity index (χ1v) is 3.81. The van der Waals surface area contributed by atoms with Crippen LogP contribution in [0.15, 0.2) is 0 Å². The normalized spacial score (nSPS) is 40.1. The quantitative estimate of drug-likeness (QED) is 0.592. The largest absolute Gasteiger partial charge is 0.392 e. The van der Waals surface area contributed by atoms with Crippen molar-refractivity contribution in [3.05, 3.63) is 0 Å². The van der Waals surface area contributed by atoms with Crippen LogP contribution in [0.3, 0.4) is 0 Å². The van der Waals surface area contributed by atoms with E-state index >= 15 is 0 Å². The third kappa shape index (κ3) is 1.21. The smallest absolute Gasteiger partial charge is 0.135 e. The summed E-state index contributed by atoms with van der Waals surface area (Å²) in [6.07, 6.45) is 1.42. The van der Waals surface area contributed by atoms with Crippen molar-refractivity contribution in [2.45, 2.75) is 32.8 Å². The number of ketones is 1. The summed E-state index contributed by atoms with van der Waals surface area (Å²) >= 11 is 0. The maximum Gasteiger partial charge on any atom is 0.135 e. The Bertz CT molecular complexity index is 132. The van der Waals surface area contributed by atoms with Crippen LogP contribution in [-0.2, 0) is 4.79 Å². The molecule has 1 saturated carbocycles. The summed E-state index contributed by atoms with van der Waals surface area (Å²) in [5, 5.41) is 9.31. The predicted octanol–water partition coefficient (Wildman–Crippen LogP) is 0.982. The second-order valence-corrected chi connectivity index (χ2v) is 3.26. The Morgan fingerprint density at radius 3 is 2.30 bits per heavy atom. The minimum Gasteiger partial charge on any atom is -0.392 e. The minimum absolute atomic E-state index is 0.0833. The van der Waals surface area contributed by atoms with Gasteiger partial charge in [-0.25, -0.2) is 0 Å². The number of carbonyl (C=O) groups excluding carboxylic acids is 1. The van der Waals surface area contributed by atoms with Gasteiger partial charge in [0.1, 0.15) is 5.78 Å². The topological polar surface area (TPSA) is 37.3 Å². The molecular weight excluding hydrogens is 128 g/mol. The highest BCUT2D eigenvalue weighted by Crippen LogP contribution is 2.31. The molecular formula is C8H14O2. The molecule has 2 heteroatoms. The van der Waals surface area contributed by atoms with Gasteiger partial charge in [0, 0.05) is 5.92 Å². The van der Waals surface area contributed by atoms with Crippen LogP contribution in [0.1, 0.15) is 26.7 Å². The molecule has 0 aromatic carbocycles. The average molecular weight is 142 g/mol. The molecule has 0 aliphatic heterocycles. The van der Waals surface area contributed by atoms with Crippen molar-refractivity contribution in [2.75, 3.05) is 0 Å². The highest BCUT2D eigenvalue weighted by atomic mass is 16.3. The number of hydrogen-bond donors (Lipinski definition) is 1. The number of carbonyl (C=O) groups is 1. The van der Waals surface area contributed by atoms with Crippen LogP contribution in [0.25, 0.3) is 0 Å². The lowest BCUT2D eigenvalue weighted by Gasteiger charge is -2.14. The zero-order chi connectivity index (χ0) is 7.72. The first-order valence-electron chi connectivity index (χ1n) is 3.81. The van der Waals surface area contributed by atoms with Gasteiger partial charge in [0.2, 0.25) is 0 Å². The van der Waals surface area contributed by atoms with Gasteiger partial charge in [-0.2, -0.15) is 0 Å². The van der Waals surface area contributed by atoms with Crippen LogP contribution in [0.2, 0.25) is 0 Å². The van der Waals surface area contributed by atoms with Gasteiger partial charge < -0.3 is 5.11 Å². The number of aliphatic hydroxyl groups is 1. The van der Waals surface area contributed by atoms with Gasteiger partial charge in [-0.05, 0) is 25.7 Å². The van der Waals surface area contributed by atoms with E-state index in [1.54, 1.807) is 6.92 Å². The maximum atomic E-state index is 10.9. The van der Waals surface area contributed by atoms with Gasteiger partial charge in [-0.15, -0.1) is 0 Å². The Morgan fingerprint density at radius 2 is 2.10 bits per heavy atom. The van der Waals surface area contributed by atoms with E-state index in [9.17, 15) is 9.90 Å². The van der Waals surface area contributed by atoms with E-state index in [1.165, 1.54) is 0 Å². The van der Waals surface area contributed by atoms with E-state index in [2.05, 4.69) is 0 Å². The molecule has 0 saturated heterocycles. The highest BCUT2D eigenvalue weighted by molar-refractivity contribution is 5.79. The molecule has 10 heavy (non-hydrogen) atoms. The van der Waals surface area contributed by atoms with Gasteiger partial charge in [0.25, 0.3) is 0 Å². The lowest BCUT2D eigenvalue weighted by Crippen LogP contribution is -2.24. The van der Waals surface area contributed by atoms with Crippen molar-refractivity contribution in [3.63, 3.8) is 0 Å². The summed E-state index contributed by atoms with van der Waals surface area (Å²) in [6.45, 7) is 3.60. The Hall–Kier alpha value is -0.370. The molecule has 0 amide bonds. The van der Waals surface area contributed by atoms with E-state index < -0.39 is 0 Å². The van der Waals surface area contributed by atoms with Crippen LogP contribution in [0, 0.1) is 11.8 Å². The molecule has 3 atom stereocenters. The molecule has 1 aliphatic rings.